The highest BCUT2D eigenvalue weighted by atomic mass is 16.5. The molecule has 4 aromatic rings. The van der Waals surface area contributed by atoms with Gasteiger partial charge < -0.3 is 10.1 Å². The van der Waals surface area contributed by atoms with Gasteiger partial charge in [0.05, 0.1) is 13.2 Å². The molecule has 144 valence electrons. The summed E-state index contributed by atoms with van der Waals surface area (Å²) < 4.78 is 5.18. The van der Waals surface area contributed by atoms with Crippen LogP contribution in [0.1, 0.15) is 28.4 Å². The fourth-order valence-corrected chi connectivity index (χ4v) is 3.41. The van der Waals surface area contributed by atoms with E-state index < -0.39 is 0 Å². The van der Waals surface area contributed by atoms with Gasteiger partial charge in [0.1, 0.15) is 5.75 Å². The maximum atomic E-state index is 12.9. The molecular formula is C25H22N2O2. The van der Waals surface area contributed by atoms with Crippen molar-refractivity contribution in [1.82, 2.24) is 4.98 Å². The van der Waals surface area contributed by atoms with Crippen LogP contribution < -0.4 is 10.1 Å². The number of ether oxygens (including phenoxy) is 1. The Morgan fingerprint density at radius 1 is 0.931 bits per heavy atom. The fraction of sp³-hybridized carbons (Fsp3) is 0.120. The van der Waals surface area contributed by atoms with E-state index in [2.05, 4.69) is 34.6 Å². The number of nitrogens with zero attached hydrogens (tertiary/aromatic N) is 1. The highest BCUT2D eigenvalue weighted by Gasteiger charge is 2.17. The van der Waals surface area contributed by atoms with E-state index in [0.717, 1.165) is 22.4 Å². The van der Waals surface area contributed by atoms with Crippen molar-refractivity contribution in [2.45, 2.75) is 12.5 Å². The highest BCUT2D eigenvalue weighted by Crippen LogP contribution is 2.27. The largest absolute Gasteiger partial charge is 0.497 e. The lowest BCUT2D eigenvalue weighted by Crippen LogP contribution is -2.16. The smallest absolute Gasteiger partial charge is 0.165 e. The Morgan fingerprint density at radius 3 is 2.38 bits per heavy atom. The van der Waals surface area contributed by atoms with Gasteiger partial charge >= 0.3 is 0 Å². The van der Waals surface area contributed by atoms with Gasteiger partial charge in [0.15, 0.2) is 5.78 Å². The first kappa shape index (κ1) is 18.7. The number of rotatable bonds is 7. The van der Waals surface area contributed by atoms with Gasteiger partial charge in [-0.2, -0.15) is 0 Å². The second kappa shape index (κ2) is 8.57. The predicted molar refractivity (Wildman–Crippen MR) is 116 cm³/mol. The van der Waals surface area contributed by atoms with E-state index in [1.54, 1.807) is 31.6 Å². The second-order valence-electron chi connectivity index (χ2n) is 6.90. The minimum atomic E-state index is -0.159. The molecule has 0 aliphatic rings. The van der Waals surface area contributed by atoms with Crippen LogP contribution in [0.2, 0.25) is 0 Å². The van der Waals surface area contributed by atoms with Crippen LogP contribution in [0, 0.1) is 0 Å². The van der Waals surface area contributed by atoms with Gasteiger partial charge in [-0.3, -0.25) is 9.78 Å². The molecule has 1 N–H and O–H groups in total. The minimum absolute atomic E-state index is 0.0720. The topological polar surface area (TPSA) is 51.2 Å². The summed E-state index contributed by atoms with van der Waals surface area (Å²) in [6, 6.07) is 25.5. The first-order valence-corrected chi connectivity index (χ1v) is 9.55. The van der Waals surface area contributed by atoms with Crippen LogP contribution in [-0.4, -0.2) is 17.9 Å². The van der Waals surface area contributed by atoms with Crippen LogP contribution in [-0.2, 0) is 0 Å². The molecule has 0 fully saturated rings. The Balaban J connectivity index is 1.59. The van der Waals surface area contributed by atoms with Crippen molar-refractivity contribution >= 4 is 22.2 Å². The molecular weight excluding hydrogens is 360 g/mol. The van der Waals surface area contributed by atoms with Gasteiger partial charge in [0.25, 0.3) is 0 Å². The summed E-state index contributed by atoms with van der Waals surface area (Å²) in [5, 5.41) is 5.88. The number of fused-ring (bicyclic) bond motifs is 1. The number of carbonyl (C=O) groups is 1. The van der Waals surface area contributed by atoms with Crippen molar-refractivity contribution in [2.24, 2.45) is 0 Å². The summed E-state index contributed by atoms with van der Waals surface area (Å²) in [6.07, 6.45) is 3.84. The van der Waals surface area contributed by atoms with Gasteiger partial charge in [0, 0.05) is 30.1 Å². The Hall–Kier alpha value is -3.66. The van der Waals surface area contributed by atoms with E-state index in [4.69, 9.17) is 4.74 Å². The fourth-order valence-electron chi connectivity index (χ4n) is 3.41. The number of hydrogen-bond donors (Lipinski definition) is 1. The van der Waals surface area contributed by atoms with Crippen molar-refractivity contribution in [3.05, 3.63) is 102 Å². The molecule has 0 saturated heterocycles. The number of hydrogen-bond acceptors (Lipinski definition) is 4. The molecule has 29 heavy (non-hydrogen) atoms. The Morgan fingerprint density at radius 2 is 1.66 bits per heavy atom. The third-order valence-electron chi connectivity index (χ3n) is 5.00. The van der Waals surface area contributed by atoms with Gasteiger partial charge in [-0.05, 0) is 64.9 Å². The summed E-state index contributed by atoms with van der Waals surface area (Å²) in [5.41, 5.74) is 2.67. The number of aromatic nitrogens is 1. The summed E-state index contributed by atoms with van der Waals surface area (Å²) in [5.74, 6) is 0.810. The van der Waals surface area contributed by atoms with Crippen molar-refractivity contribution in [3.63, 3.8) is 0 Å². The zero-order valence-corrected chi connectivity index (χ0v) is 16.2. The molecule has 0 aliphatic carbocycles. The lowest BCUT2D eigenvalue weighted by atomic mass is 9.98. The molecule has 0 aliphatic heterocycles. The number of benzene rings is 3. The molecule has 0 radical (unpaired) electrons. The Labute approximate surface area is 170 Å². The highest BCUT2D eigenvalue weighted by molar-refractivity contribution is 5.97. The third-order valence-corrected chi connectivity index (χ3v) is 5.00. The molecule has 1 atom stereocenters. The molecule has 0 saturated carbocycles. The first-order valence-electron chi connectivity index (χ1n) is 9.55. The minimum Gasteiger partial charge on any atom is -0.497 e. The van der Waals surface area contributed by atoms with Gasteiger partial charge in [-0.25, -0.2) is 0 Å². The number of anilines is 1. The van der Waals surface area contributed by atoms with Crippen molar-refractivity contribution in [1.29, 1.82) is 0 Å². The summed E-state index contributed by atoms with van der Waals surface area (Å²) in [4.78, 5) is 17.0. The number of ketones is 1. The van der Waals surface area contributed by atoms with E-state index in [9.17, 15) is 4.79 Å². The monoisotopic (exact) mass is 382 g/mol. The van der Waals surface area contributed by atoms with Crippen LogP contribution in [0.15, 0.2) is 91.3 Å². The molecule has 3 aromatic carbocycles. The second-order valence-corrected chi connectivity index (χ2v) is 6.90. The average Bonchev–Trinajstić information content (AvgIpc) is 2.79. The van der Waals surface area contributed by atoms with Crippen LogP contribution in [0.4, 0.5) is 5.69 Å². The third kappa shape index (κ3) is 4.43. The molecule has 0 bridgehead atoms. The number of pyridine rings is 1. The average molecular weight is 382 g/mol. The summed E-state index contributed by atoms with van der Waals surface area (Å²) in [7, 11) is 1.61. The van der Waals surface area contributed by atoms with E-state index in [1.807, 2.05) is 42.5 Å². The maximum absolute atomic E-state index is 12.9. The molecule has 1 heterocycles. The summed E-state index contributed by atoms with van der Waals surface area (Å²) in [6.45, 7) is 0. The van der Waals surface area contributed by atoms with Crippen LogP contribution in [0.3, 0.4) is 0 Å². The quantitative estimate of drug-likeness (QED) is 0.419. The Kier molecular flexibility index (Phi) is 5.52. The normalized spacial score (nSPS) is 11.8. The van der Waals surface area contributed by atoms with E-state index >= 15 is 0 Å². The van der Waals surface area contributed by atoms with Crippen LogP contribution >= 0.6 is 0 Å². The number of Topliss-reactive ketones (excluding diaryl/α,β-unsaturated/α-hetero) is 1. The van der Waals surface area contributed by atoms with E-state index in [0.29, 0.717) is 12.0 Å². The zero-order chi connectivity index (χ0) is 20.1. The summed E-state index contributed by atoms with van der Waals surface area (Å²) >= 11 is 0. The lowest BCUT2D eigenvalue weighted by molar-refractivity contribution is 0.0976. The molecule has 0 amide bonds. The number of nitrogens with one attached hydrogen (secondary N) is 1. The van der Waals surface area contributed by atoms with Crippen molar-refractivity contribution < 1.29 is 9.53 Å². The van der Waals surface area contributed by atoms with E-state index in [1.165, 1.54) is 5.39 Å². The van der Waals surface area contributed by atoms with E-state index in [-0.39, 0.29) is 11.8 Å². The standard InChI is InChI=1S/C25H22N2O2/c1-29-23-10-7-20(8-11-23)25(28)17-24(19-12-14-26-15-13-19)27-22-9-6-18-4-2-3-5-21(18)16-22/h2-16,24,27H,17H2,1H3. The molecule has 0 spiro atoms. The molecule has 4 rings (SSSR count). The van der Waals surface area contributed by atoms with Crippen LogP contribution in [0.25, 0.3) is 10.8 Å². The molecule has 4 heteroatoms. The number of methoxy groups -OCH3 is 1. The predicted octanol–water partition coefficient (Wildman–Crippen LogP) is 5.67. The SMILES string of the molecule is COc1ccc(C(=O)CC(Nc2ccc3ccccc3c2)c2ccncc2)cc1. The molecule has 4 nitrogen and oxygen atoms in total. The molecule has 1 unspecified atom stereocenters. The molecule has 1 aromatic heterocycles. The first-order chi connectivity index (χ1) is 14.2. The van der Waals surface area contributed by atoms with Gasteiger partial charge in [0.2, 0.25) is 0 Å². The van der Waals surface area contributed by atoms with Gasteiger partial charge in [-0.15, -0.1) is 0 Å². The zero-order valence-electron chi connectivity index (χ0n) is 16.2. The van der Waals surface area contributed by atoms with Crippen molar-refractivity contribution in [2.75, 3.05) is 12.4 Å². The lowest BCUT2D eigenvalue weighted by Gasteiger charge is -2.20. The van der Waals surface area contributed by atoms with Gasteiger partial charge in [-0.1, -0.05) is 30.3 Å². The number of carbonyl (C=O) groups excluding carboxylic acids is 1. The Bertz CT molecular complexity index is 1110. The van der Waals surface area contributed by atoms with Crippen LogP contribution in [0.5, 0.6) is 5.75 Å². The maximum Gasteiger partial charge on any atom is 0.165 e. The van der Waals surface area contributed by atoms with Crippen molar-refractivity contribution in [3.8, 4) is 5.75 Å².